The maximum absolute atomic E-state index is 13.0. The molecule has 3 aliphatic rings. The number of methoxy groups -OCH3 is 1. The number of aromatic nitrogens is 2. The number of nitrogens with one attached hydrogen (secondary N) is 1. The number of morpholine rings is 2. The van der Waals surface area contributed by atoms with Crippen LogP contribution in [0.15, 0.2) is 30.5 Å². The van der Waals surface area contributed by atoms with Gasteiger partial charge in [-0.25, -0.2) is 9.59 Å². The third-order valence-electron chi connectivity index (χ3n) is 11.8. The molecule has 5 heterocycles. The first kappa shape index (κ1) is 45.3. The van der Waals surface area contributed by atoms with Crippen LogP contribution in [0.25, 0.3) is 22.2 Å². The van der Waals surface area contributed by atoms with Gasteiger partial charge in [0, 0.05) is 99.5 Å². The van der Waals surface area contributed by atoms with E-state index in [-0.39, 0.29) is 18.7 Å². The topological polar surface area (TPSA) is 157 Å². The Morgan fingerprint density at radius 2 is 1.75 bits per heavy atom. The van der Waals surface area contributed by atoms with Gasteiger partial charge in [0.2, 0.25) is 0 Å². The summed E-state index contributed by atoms with van der Waals surface area (Å²) in [5.74, 6) is -1.10. The quantitative estimate of drug-likeness (QED) is 0.186. The average molecular weight is 835 g/mol. The first-order valence-electron chi connectivity index (χ1n) is 21.3. The Kier molecular flexibility index (Phi) is 14.2. The van der Waals surface area contributed by atoms with Gasteiger partial charge in [-0.2, -0.15) is 0 Å². The van der Waals surface area contributed by atoms with Crippen LogP contribution in [0.4, 0.5) is 10.5 Å². The molecule has 1 aromatic carbocycles. The van der Waals surface area contributed by atoms with Gasteiger partial charge in [0.1, 0.15) is 11.6 Å². The number of fused-ring (bicyclic) bond motifs is 1. The maximum atomic E-state index is 13.0. The summed E-state index contributed by atoms with van der Waals surface area (Å²) in [6, 6.07) is 6.84. The van der Waals surface area contributed by atoms with Gasteiger partial charge in [0.05, 0.1) is 56.1 Å². The number of ether oxygens (including phenoxy) is 5. The van der Waals surface area contributed by atoms with Crippen LogP contribution < -0.4 is 10.2 Å². The minimum atomic E-state index is -1.30. The lowest BCUT2D eigenvalue weighted by Crippen LogP contribution is -2.65. The maximum Gasteiger partial charge on any atom is 0.408 e. The summed E-state index contributed by atoms with van der Waals surface area (Å²) in [6.45, 7) is 21.2. The number of aliphatic carboxylic acids is 1. The van der Waals surface area contributed by atoms with Crippen LogP contribution in [-0.4, -0.2) is 146 Å². The van der Waals surface area contributed by atoms with Crippen molar-refractivity contribution in [3.8, 4) is 11.3 Å². The molecule has 15 nitrogen and oxygen atoms in total. The highest BCUT2D eigenvalue weighted by Gasteiger charge is 2.43. The lowest BCUT2D eigenvalue weighted by Gasteiger charge is -2.45. The van der Waals surface area contributed by atoms with Crippen molar-refractivity contribution in [1.82, 2.24) is 24.7 Å². The number of hydrogen-bond acceptors (Lipinski definition) is 12. The van der Waals surface area contributed by atoms with E-state index in [1.807, 2.05) is 13.1 Å². The number of nitrogens with zero attached hydrogens (tertiary/aromatic N) is 5. The number of anilines is 1. The molecule has 330 valence electrons. The number of carbonyl (C=O) groups excluding carboxylic acids is 2. The molecule has 0 spiro atoms. The molecule has 3 aromatic rings. The van der Waals surface area contributed by atoms with Gasteiger partial charge in [-0.3, -0.25) is 14.7 Å². The fourth-order valence-electron chi connectivity index (χ4n) is 8.88. The van der Waals surface area contributed by atoms with E-state index in [9.17, 15) is 19.5 Å². The van der Waals surface area contributed by atoms with Gasteiger partial charge in [0.15, 0.2) is 0 Å². The lowest BCUT2D eigenvalue weighted by molar-refractivity contribution is -0.146. The fraction of sp³-hybridized carbons (Fsp3) is 0.644. The van der Waals surface area contributed by atoms with Crippen molar-refractivity contribution >= 4 is 34.6 Å². The van der Waals surface area contributed by atoms with Gasteiger partial charge >= 0.3 is 18.0 Å². The first-order valence-corrected chi connectivity index (χ1v) is 21.3. The highest BCUT2D eigenvalue weighted by atomic mass is 16.6. The minimum Gasteiger partial charge on any atom is -0.480 e. The Morgan fingerprint density at radius 3 is 2.37 bits per heavy atom. The number of esters is 1. The minimum absolute atomic E-state index is 0.254. The summed E-state index contributed by atoms with van der Waals surface area (Å²) in [6.07, 6.45) is 0.989. The number of pyridine rings is 1. The predicted octanol–water partition coefficient (Wildman–Crippen LogP) is 5.48. The first-order chi connectivity index (χ1) is 28.4. The molecular formula is C45H66N6O9. The van der Waals surface area contributed by atoms with Gasteiger partial charge < -0.3 is 48.5 Å². The molecule has 6 rings (SSSR count). The predicted molar refractivity (Wildman–Crippen MR) is 230 cm³/mol. The number of carboxylic acid groups (broad SMARTS) is 1. The molecule has 3 fully saturated rings. The molecule has 0 bridgehead atoms. The van der Waals surface area contributed by atoms with Crippen LogP contribution in [-0.2, 0) is 46.2 Å². The van der Waals surface area contributed by atoms with Gasteiger partial charge in [0.25, 0.3) is 0 Å². The summed E-state index contributed by atoms with van der Waals surface area (Å²) in [4.78, 5) is 49.8. The van der Waals surface area contributed by atoms with Crippen LogP contribution in [0.5, 0.6) is 0 Å². The van der Waals surface area contributed by atoms with E-state index in [0.29, 0.717) is 64.9 Å². The zero-order valence-corrected chi connectivity index (χ0v) is 37.2. The number of aryl methyl sites for hydroxylation is 1. The standard InChI is InChI=1S/C45H66N6O9/c1-11-51-36-13-12-32(50-16-19-58-37(26-50)41(49-14-17-57-18-15-49)39(42(53)54)47-43(55)60-44(4,5)6)21-33(36)35(22-45(7,8)27-59-29(3)52)40(51)34-20-30(31-24-48(9)25-31)23-46-38(34)28(2)56-10/h12-13,20-21,23,28,31,37,39,41H,11,14-19,22,24-27H2,1-10H3,(H,47,55)(H,53,54)/t28-,37+,39-,41+/m0/s1. The molecule has 15 heteroatoms. The van der Waals surface area contributed by atoms with E-state index in [0.717, 1.165) is 52.2 Å². The number of alkyl carbamates (subject to hydrolysis) is 1. The second-order valence-electron chi connectivity index (χ2n) is 18.3. The molecule has 2 aromatic heterocycles. The summed E-state index contributed by atoms with van der Waals surface area (Å²) in [5.41, 5.74) is 6.12. The number of hydrogen-bond donors (Lipinski definition) is 2. The van der Waals surface area contributed by atoms with Gasteiger partial charge in [-0.15, -0.1) is 0 Å². The molecule has 0 saturated carbocycles. The number of carbonyl (C=O) groups is 3. The molecule has 1 amide bonds. The van der Waals surface area contributed by atoms with Crippen LogP contribution in [0.2, 0.25) is 0 Å². The number of benzene rings is 1. The zero-order valence-electron chi connectivity index (χ0n) is 37.2. The number of carboxylic acids is 1. The molecule has 4 atom stereocenters. The Labute approximate surface area is 354 Å². The lowest BCUT2D eigenvalue weighted by atomic mass is 9.83. The van der Waals surface area contributed by atoms with Crippen molar-refractivity contribution in [3.63, 3.8) is 0 Å². The molecule has 2 N–H and O–H groups in total. The van der Waals surface area contributed by atoms with Crippen molar-refractivity contribution in [2.45, 2.75) is 104 Å². The van der Waals surface area contributed by atoms with E-state index in [1.165, 1.54) is 12.5 Å². The summed E-state index contributed by atoms with van der Waals surface area (Å²) in [5, 5.41) is 14.3. The highest BCUT2D eigenvalue weighted by molar-refractivity contribution is 5.95. The SMILES string of the molecule is CCn1c(-c2cc(C3CN(C)C3)cnc2[C@H](C)OC)c(CC(C)(C)COC(C)=O)c2cc(N3CCO[C@@H]([C@H]([C@H](NC(=O)OC(C)(C)C)C(=O)O)N4CCOCC4)C3)ccc21. The molecule has 60 heavy (non-hydrogen) atoms. The molecular weight excluding hydrogens is 769 g/mol. The Morgan fingerprint density at radius 1 is 1.03 bits per heavy atom. The average Bonchev–Trinajstić information content (AvgIpc) is 3.49. The Balaban J connectivity index is 1.45. The van der Waals surface area contributed by atoms with Crippen LogP contribution in [0.1, 0.15) is 84.2 Å². The molecule has 0 unspecified atom stereocenters. The van der Waals surface area contributed by atoms with Crippen LogP contribution >= 0.6 is 0 Å². The van der Waals surface area contributed by atoms with Crippen molar-refractivity contribution < 1.29 is 43.2 Å². The zero-order chi connectivity index (χ0) is 43.5. The van der Waals surface area contributed by atoms with E-state index in [1.54, 1.807) is 27.9 Å². The molecule has 0 aliphatic carbocycles. The largest absolute Gasteiger partial charge is 0.480 e. The second kappa shape index (κ2) is 18.8. The normalized spacial score (nSPS) is 20.0. The van der Waals surface area contributed by atoms with E-state index >= 15 is 0 Å². The van der Waals surface area contributed by atoms with Crippen LogP contribution in [0, 0.1) is 5.41 Å². The van der Waals surface area contributed by atoms with Gasteiger partial charge in [-0.1, -0.05) is 13.8 Å². The number of rotatable bonds is 15. The number of likely N-dealkylation sites (N-methyl/N-ethyl adjacent to an activating group) is 1. The molecule has 0 radical (unpaired) electrons. The summed E-state index contributed by atoms with van der Waals surface area (Å²) >= 11 is 0. The second-order valence-corrected chi connectivity index (χ2v) is 18.3. The Hall–Kier alpha value is -4.28. The van der Waals surface area contributed by atoms with E-state index < -0.39 is 41.3 Å². The molecule has 3 saturated heterocycles. The monoisotopic (exact) mass is 834 g/mol. The van der Waals surface area contributed by atoms with Crippen LogP contribution in [0.3, 0.4) is 0 Å². The third kappa shape index (κ3) is 10.4. The Bertz CT molecular complexity index is 2000. The number of likely N-dealkylation sites (tertiary alicyclic amines) is 1. The van der Waals surface area contributed by atoms with E-state index in [2.05, 4.69) is 76.7 Å². The van der Waals surface area contributed by atoms with Crippen molar-refractivity contribution in [1.29, 1.82) is 0 Å². The van der Waals surface area contributed by atoms with Crippen molar-refractivity contribution in [3.05, 3.63) is 47.3 Å². The highest BCUT2D eigenvalue weighted by Crippen LogP contribution is 2.43. The molecule has 3 aliphatic heterocycles. The number of amides is 1. The summed E-state index contributed by atoms with van der Waals surface area (Å²) < 4.78 is 31.5. The van der Waals surface area contributed by atoms with E-state index in [4.69, 9.17) is 28.7 Å². The van der Waals surface area contributed by atoms with Gasteiger partial charge in [-0.05, 0) is 83.5 Å². The van der Waals surface area contributed by atoms with Crippen molar-refractivity contribution in [2.75, 3.05) is 84.8 Å². The fourth-order valence-corrected chi connectivity index (χ4v) is 8.88. The summed E-state index contributed by atoms with van der Waals surface area (Å²) in [7, 11) is 3.84. The third-order valence-corrected chi connectivity index (χ3v) is 11.8. The smallest absolute Gasteiger partial charge is 0.408 e. The van der Waals surface area contributed by atoms with Crippen molar-refractivity contribution in [2.24, 2.45) is 5.41 Å².